The Kier molecular flexibility index (Phi) is 4.93. The summed E-state index contributed by atoms with van der Waals surface area (Å²) in [5.74, 6) is 0.302. The number of benzene rings is 1. The molecule has 1 aromatic heterocycles. The highest BCUT2D eigenvalue weighted by Gasteiger charge is 2.19. The Balaban J connectivity index is 2.25. The van der Waals surface area contributed by atoms with Crippen LogP contribution >= 0.6 is 0 Å². The maximum atomic E-state index is 12.7. The van der Waals surface area contributed by atoms with Crippen LogP contribution < -0.4 is 4.74 Å². The number of aryl methyl sites for hydroxylation is 1. The van der Waals surface area contributed by atoms with Crippen LogP contribution in [-0.4, -0.2) is 29.4 Å². The lowest BCUT2D eigenvalue weighted by Crippen LogP contribution is -2.31. The number of amides is 1. The van der Waals surface area contributed by atoms with Gasteiger partial charge in [0, 0.05) is 19.3 Å². The van der Waals surface area contributed by atoms with Gasteiger partial charge in [-0.25, -0.2) is 4.98 Å². The molecule has 21 heavy (non-hydrogen) atoms. The van der Waals surface area contributed by atoms with E-state index in [-0.39, 0.29) is 5.91 Å². The minimum atomic E-state index is -0.0642. The van der Waals surface area contributed by atoms with Crippen molar-refractivity contribution in [2.24, 2.45) is 0 Å². The Morgan fingerprint density at radius 3 is 2.67 bits per heavy atom. The van der Waals surface area contributed by atoms with Gasteiger partial charge in [-0.15, -0.1) is 0 Å². The monoisotopic (exact) mass is 284 g/mol. The molecule has 2 rings (SSSR count). The van der Waals surface area contributed by atoms with Crippen molar-refractivity contribution >= 4 is 5.91 Å². The van der Waals surface area contributed by atoms with Crippen molar-refractivity contribution in [3.63, 3.8) is 0 Å². The minimum Gasteiger partial charge on any atom is -0.480 e. The van der Waals surface area contributed by atoms with Crippen molar-refractivity contribution in [2.45, 2.75) is 20.4 Å². The Bertz CT molecular complexity index is 626. The molecule has 0 unspecified atom stereocenters. The Labute approximate surface area is 125 Å². The van der Waals surface area contributed by atoms with Crippen molar-refractivity contribution in [3.8, 4) is 5.88 Å². The van der Waals surface area contributed by atoms with Crippen LogP contribution in [0.4, 0.5) is 0 Å². The number of rotatable bonds is 5. The molecule has 4 heteroatoms. The van der Waals surface area contributed by atoms with Crippen molar-refractivity contribution in [2.75, 3.05) is 13.7 Å². The highest BCUT2D eigenvalue weighted by molar-refractivity contribution is 5.96. The van der Waals surface area contributed by atoms with Gasteiger partial charge in [0.25, 0.3) is 5.91 Å². The number of carbonyl (C=O) groups is 1. The van der Waals surface area contributed by atoms with Crippen LogP contribution in [0.15, 0.2) is 42.6 Å². The van der Waals surface area contributed by atoms with Gasteiger partial charge in [0.2, 0.25) is 5.88 Å². The molecule has 0 aliphatic rings. The molecule has 0 fully saturated rings. The second-order valence-corrected chi connectivity index (χ2v) is 4.81. The summed E-state index contributed by atoms with van der Waals surface area (Å²) in [5, 5.41) is 0. The van der Waals surface area contributed by atoms with Crippen LogP contribution in [0.5, 0.6) is 5.88 Å². The molecular weight excluding hydrogens is 264 g/mol. The molecule has 0 spiro atoms. The number of methoxy groups -OCH3 is 1. The number of hydrogen-bond donors (Lipinski definition) is 0. The van der Waals surface area contributed by atoms with Crippen molar-refractivity contribution in [3.05, 3.63) is 59.3 Å². The lowest BCUT2D eigenvalue weighted by atomic mass is 10.1. The first-order chi connectivity index (χ1) is 10.2. The Morgan fingerprint density at radius 1 is 1.24 bits per heavy atom. The summed E-state index contributed by atoms with van der Waals surface area (Å²) in [7, 11) is 1.52. The third-order valence-corrected chi connectivity index (χ3v) is 3.49. The summed E-state index contributed by atoms with van der Waals surface area (Å²) in [5.41, 5.74) is 2.83. The van der Waals surface area contributed by atoms with Crippen LogP contribution in [-0.2, 0) is 6.54 Å². The molecule has 4 nitrogen and oxygen atoms in total. The van der Waals surface area contributed by atoms with Crippen LogP contribution in [0.1, 0.15) is 28.4 Å². The second-order valence-electron chi connectivity index (χ2n) is 4.81. The fraction of sp³-hybridized carbons (Fsp3) is 0.294. The zero-order valence-electron chi connectivity index (χ0n) is 12.7. The molecule has 0 N–H and O–H groups in total. The van der Waals surface area contributed by atoms with E-state index < -0.39 is 0 Å². The Hall–Kier alpha value is -2.36. The van der Waals surface area contributed by atoms with Gasteiger partial charge < -0.3 is 9.64 Å². The lowest BCUT2D eigenvalue weighted by molar-refractivity contribution is 0.0748. The van der Waals surface area contributed by atoms with Crippen molar-refractivity contribution < 1.29 is 9.53 Å². The van der Waals surface area contributed by atoms with Gasteiger partial charge in [-0.05, 0) is 37.1 Å². The largest absolute Gasteiger partial charge is 0.480 e. The summed E-state index contributed by atoms with van der Waals surface area (Å²) in [6.07, 6.45) is 1.62. The van der Waals surface area contributed by atoms with Crippen molar-refractivity contribution in [1.82, 2.24) is 9.88 Å². The first-order valence-electron chi connectivity index (χ1n) is 7.00. The molecule has 1 heterocycles. The first-order valence-corrected chi connectivity index (χ1v) is 7.00. The van der Waals surface area contributed by atoms with E-state index in [0.29, 0.717) is 24.5 Å². The maximum Gasteiger partial charge on any atom is 0.259 e. The Morgan fingerprint density at radius 2 is 2.00 bits per heavy atom. The van der Waals surface area contributed by atoms with Crippen molar-refractivity contribution in [1.29, 1.82) is 0 Å². The average molecular weight is 284 g/mol. The van der Waals surface area contributed by atoms with Crippen LogP contribution in [0.2, 0.25) is 0 Å². The van der Waals surface area contributed by atoms with Gasteiger partial charge >= 0.3 is 0 Å². The third kappa shape index (κ3) is 3.40. The molecule has 0 saturated carbocycles. The lowest BCUT2D eigenvalue weighted by Gasteiger charge is -2.22. The summed E-state index contributed by atoms with van der Waals surface area (Å²) in [6, 6.07) is 11.6. The summed E-state index contributed by atoms with van der Waals surface area (Å²) in [4.78, 5) is 18.6. The number of hydrogen-bond acceptors (Lipinski definition) is 3. The quantitative estimate of drug-likeness (QED) is 0.847. The van der Waals surface area contributed by atoms with Gasteiger partial charge in [0.1, 0.15) is 5.56 Å². The molecule has 2 aromatic rings. The topological polar surface area (TPSA) is 42.4 Å². The van der Waals surface area contributed by atoms with E-state index in [2.05, 4.69) is 18.0 Å². The normalized spacial score (nSPS) is 10.2. The van der Waals surface area contributed by atoms with E-state index in [1.807, 2.05) is 25.1 Å². The molecule has 1 amide bonds. The molecule has 1 aromatic carbocycles. The van der Waals surface area contributed by atoms with E-state index >= 15 is 0 Å². The van der Waals surface area contributed by atoms with Gasteiger partial charge in [0.15, 0.2) is 0 Å². The van der Waals surface area contributed by atoms with Gasteiger partial charge in [-0.1, -0.05) is 24.3 Å². The van der Waals surface area contributed by atoms with E-state index in [0.717, 1.165) is 5.56 Å². The number of ether oxygens (including phenoxy) is 1. The summed E-state index contributed by atoms with van der Waals surface area (Å²) in [6.45, 7) is 5.24. The molecular formula is C17H20N2O2. The van der Waals surface area contributed by atoms with Gasteiger partial charge in [-0.2, -0.15) is 0 Å². The van der Waals surface area contributed by atoms with Crippen LogP contribution in [0.3, 0.4) is 0 Å². The average Bonchev–Trinajstić information content (AvgIpc) is 2.53. The highest BCUT2D eigenvalue weighted by atomic mass is 16.5. The predicted molar refractivity (Wildman–Crippen MR) is 82.4 cm³/mol. The standard InChI is InChI=1S/C17H20N2O2/c1-4-19(12-14-9-6-5-8-13(14)2)17(20)15-10-7-11-18-16(15)21-3/h5-11H,4,12H2,1-3H3. The van der Waals surface area contributed by atoms with E-state index in [4.69, 9.17) is 4.74 Å². The molecule has 110 valence electrons. The smallest absolute Gasteiger partial charge is 0.259 e. The zero-order valence-corrected chi connectivity index (χ0v) is 12.7. The molecule has 0 aliphatic heterocycles. The van der Waals surface area contributed by atoms with E-state index in [1.165, 1.54) is 12.7 Å². The molecule has 0 bridgehead atoms. The number of nitrogens with zero attached hydrogens (tertiary/aromatic N) is 2. The molecule has 0 saturated heterocycles. The summed E-state index contributed by atoms with van der Waals surface area (Å²) >= 11 is 0. The van der Waals surface area contributed by atoms with E-state index in [1.54, 1.807) is 23.2 Å². The molecule has 0 radical (unpaired) electrons. The fourth-order valence-corrected chi connectivity index (χ4v) is 2.21. The minimum absolute atomic E-state index is 0.0642. The molecule has 0 aliphatic carbocycles. The van der Waals surface area contributed by atoms with Gasteiger partial charge in [0.05, 0.1) is 7.11 Å². The van der Waals surface area contributed by atoms with Crippen LogP contribution in [0, 0.1) is 6.92 Å². The summed E-state index contributed by atoms with van der Waals surface area (Å²) < 4.78 is 5.18. The first kappa shape index (κ1) is 15.0. The van der Waals surface area contributed by atoms with Crippen LogP contribution in [0.25, 0.3) is 0 Å². The second kappa shape index (κ2) is 6.88. The third-order valence-electron chi connectivity index (χ3n) is 3.49. The zero-order chi connectivity index (χ0) is 15.2. The number of aromatic nitrogens is 1. The van der Waals surface area contributed by atoms with E-state index in [9.17, 15) is 4.79 Å². The van der Waals surface area contributed by atoms with Gasteiger partial charge in [-0.3, -0.25) is 4.79 Å². The molecule has 0 atom stereocenters. The number of pyridine rings is 1. The number of carbonyl (C=O) groups excluding carboxylic acids is 1. The maximum absolute atomic E-state index is 12.7. The predicted octanol–water partition coefficient (Wildman–Crippen LogP) is 3.06. The fourth-order valence-electron chi connectivity index (χ4n) is 2.21. The SMILES string of the molecule is CCN(Cc1ccccc1C)C(=O)c1cccnc1OC. The highest BCUT2D eigenvalue weighted by Crippen LogP contribution is 2.18.